The number of para-hydroxylation sites is 1. The van der Waals surface area contributed by atoms with Crippen LogP contribution >= 0.6 is 0 Å². The van der Waals surface area contributed by atoms with Crippen molar-refractivity contribution in [2.24, 2.45) is 5.92 Å². The second kappa shape index (κ2) is 11.6. The lowest BCUT2D eigenvalue weighted by atomic mass is 9.95. The van der Waals surface area contributed by atoms with Gasteiger partial charge in [-0.25, -0.2) is 4.98 Å². The van der Waals surface area contributed by atoms with Gasteiger partial charge in [0.2, 0.25) is 0 Å². The van der Waals surface area contributed by atoms with Crippen LogP contribution in [0.1, 0.15) is 48.9 Å². The molecule has 1 aromatic heterocycles. The highest BCUT2D eigenvalue weighted by atomic mass is 16.1. The number of piperidine rings is 2. The summed E-state index contributed by atoms with van der Waals surface area (Å²) in [4.78, 5) is 17.6. The lowest BCUT2D eigenvalue weighted by Gasteiger charge is -2.23. The predicted octanol–water partition coefficient (Wildman–Crippen LogP) is 4.58. The Morgan fingerprint density at radius 3 is 2.60 bits per heavy atom. The minimum Gasteiger partial charge on any atom is -0.384 e. The number of nitrogens with one attached hydrogen (secondary N) is 4. The Kier molecular flexibility index (Phi) is 7.91. The molecule has 2 aliphatic heterocycles. The third-order valence-corrected chi connectivity index (χ3v) is 7.34. The number of carbonyl (C=O) groups is 1. The van der Waals surface area contributed by atoms with Crippen LogP contribution in [0, 0.1) is 5.92 Å². The normalized spacial score (nSPS) is 18.9. The topological polar surface area (TPSA) is 78.1 Å². The Morgan fingerprint density at radius 2 is 1.80 bits per heavy atom. The van der Waals surface area contributed by atoms with E-state index in [2.05, 4.69) is 45.5 Å². The van der Waals surface area contributed by atoms with Gasteiger partial charge in [-0.3, -0.25) is 4.79 Å². The van der Waals surface area contributed by atoms with Gasteiger partial charge in [-0.15, -0.1) is 0 Å². The molecular weight excluding hydrogens is 434 g/mol. The standard InChI is InChI=1S/C29H37N5O/c35-29(33-24-13-17-30-18-14-24)23-11-9-22(10-12-23)27-19-28(25-7-1-2-8-26(25)34-27)32-16-4-6-21-5-3-15-31-20-21/h1-2,7-12,19,21,24,30-31H,3-6,13-18,20H2,(H,32,34)(H,33,35). The van der Waals surface area contributed by atoms with Crippen molar-refractivity contribution in [2.45, 2.75) is 44.6 Å². The van der Waals surface area contributed by atoms with Gasteiger partial charge in [-0.1, -0.05) is 30.3 Å². The average molecular weight is 472 g/mol. The van der Waals surface area contributed by atoms with Gasteiger partial charge in [-0.2, -0.15) is 0 Å². The molecule has 0 saturated carbocycles. The summed E-state index contributed by atoms with van der Waals surface area (Å²) in [5, 5.41) is 14.9. The molecule has 6 nitrogen and oxygen atoms in total. The van der Waals surface area contributed by atoms with E-state index in [0.717, 1.165) is 72.8 Å². The zero-order chi connectivity index (χ0) is 23.9. The Labute approximate surface area is 208 Å². The summed E-state index contributed by atoms with van der Waals surface area (Å²) in [6.07, 6.45) is 7.04. The van der Waals surface area contributed by atoms with Gasteiger partial charge < -0.3 is 21.3 Å². The fourth-order valence-electron chi connectivity index (χ4n) is 5.28. The van der Waals surface area contributed by atoms with Crippen LogP contribution in [0.25, 0.3) is 22.2 Å². The molecule has 184 valence electrons. The van der Waals surface area contributed by atoms with Gasteiger partial charge in [0.15, 0.2) is 0 Å². The van der Waals surface area contributed by atoms with E-state index in [1.807, 2.05) is 30.3 Å². The van der Waals surface area contributed by atoms with Crippen LogP contribution < -0.4 is 21.3 Å². The Bertz CT molecular complexity index is 1120. The smallest absolute Gasteiger partial charge is 0.251 e. The predicted molar refractivity (Wildman–Crippen MR) is 144 cm³/mol. The number of carbonyl (C=O) groups excluding carboxylic acids is 1. The van der Waals surface area contributed by atoms with Crippen LogP contribution in [0.15, 0.2) is 54.6 Å². The Balaban J connectivity index is 1.27. The second-order valence-electron chi connectivity index (χ2n) is 9.93. The molecule has 1 unspecified atom stereocenters. The van der Waals surface area contributed by atoms with Gasteiger partial charge in [0, 0.05) is 34.8 Å². The molecule has 2 aliphatic rings. The van der Waals surface area contributed by atoms with Crippen LogP contribution in [0.3, 0.4) is 0 Å². The van der Waals surface area contributed by atoms with Gasteiger partial charge >= 0.3 is 0 Å². The number of anilines is 1. The molecule has 0 radical (unpaired) electrons. The van der Waals surface area contributed by atoms with E-state index >= 15 is 0 Å². The minimum atomic E-state index is 0.00504. The first-order chi connectivity index (χ1) is 17.3. The van der Waals surface area contributed by atoms with Gasteiger partial charge in [0.1, 0.15) is 0 Å². The zero-order valence-electron chi connectivity index (χ0n) is 20.5. The van der Waals surface area contributed by atoms with Gasteiger partial charge in [0.05, 0.1) is 11.2 Å². The molecule has 3 heterocycles. The van der Waals surface area contributed by atoms with Crippen molar-refractivity contribution in [1.29, 1.82) is 0 Å². The highest BCUT2D eigenvalue weighted by Crippen LogP contribution is 2.29. The Hall–Kier alpha value is -2.96. The van der Waals surface area contributed by atoms with Crippen LogP contribution in [0.4, 0.5) is 5.69 Å². The summed E-state index contributed by atoms with van der Waals surface area (Å²) < 4.78 is 0. The molecule has 5 rings (SSSR count). The number of aromatic nitrogens is 1. The molecule has 0 bridgehead atoms. The maximum Gasteiger partial charge on any atom is 0.251 e. The van der Waals surface area contributed by atoms with Crippen molar-refractivity contribution in [3.63, 3.8) is 0 Å². The number of nitrogens with zero attached hydrogens (tertiary/aromatic N) is 1. The van der Waals surface area contributed by atoms with Crippen LogP contribution in [-0.4, -0.2) is 49.7 Å². The second-order valence-corrected chi connectivity index (χ2v) is 9.93. The van der Waals surface area contributed by atoms with Crippen molar-refractivity contribution >= 4 is 22.5 Å². The van der Waals surface area contributed by atoms with E-state index in [1.165, 1.54) is 32.2 Å². The SMILES string of the molecule is O=C(NC1CCNCC1)c1ccc(-c2cc(NCCCC3CCCNC3)c3ccccc3n2)cc1. The molecule has 1 atom stereocenters. The van der Waals surface area contributed by atoms with Crippen LogP contribution in [-0.2, 0) is 0 Å². The molecule has 0 aliphatic carbocycles. The first kappa shape index (κ1) is 23.8. The molecule has 6 heteroatoms. The summed E-state index contributed by atoms with van der Waals surface area (Å²) >= 11 is 0. The molecule has 35 heavy (non-hydrogen) atoms. The van der Waals surface area contributed by atoms with E-state index in [4.69, 9.17) is 4.98 Å². The molecule has 4 N–H and O–H groups in total. The number of hydrogen-bond donors (Lipinski definition) is 4. The minimum absolute atomic E-state index is 0.00504. The first-order valence-corrected chi connectivity index (χ1v) is 13.2. The third kappa shape index (κ3) is 6.19. The molecule has 2 saturated heterocycles. The number of amides is 1. The summed E-state index contributed by atoms with van der Waals surface area (Å²) in [6, 6.07) is 18.5. The molecule has 0 spiro atoms. The van der Waals surface area contributed by atoms with Crippen molar-refractivity contribution in [3.8, 4) is 11.3 Å². The van der Waals surface area contributed by atoms with Crippen molar-refractivity contribution < 1.29 is 4.79 Å². The van der Waals surface area contributed by atoms with E-state index in [-0.39, 0.29) is 11.9 Å². The monoisotopic (exact) mass is 471 g/mol. The summed E-state index contributed by atoms with van der Waals surface area (Å²) in [5.74, 6) is 0.811. The highest BCUT2D eigenvalue weighted by molar-refractivity contribution is 5.96. The maximum absolute atomic E-state index is 12.7. The van der Waals surface area contributed by atoms with E-state index in [1.54, 1.807) is 0 Å². The zero-order valence-corrected chi connectivity index (χ0v) is 20.5. The van der Waals surface area contributed by atoms with Gasteiger partial charge in [0.25, 0.3) is 5.91 Å². The number of fused-ring (bicyclic) bond motifs is 1. The van der Waals surface area contributed by atoms with Crippen molar-refractivity contribution in [1.82, 2.24) is 20.9 Å². The molecular formula is C29H37N5O. The molecule has 3 aromatic rings. The molecule has 1 amide bonds. The summed E-state index contributed by atoms with van der Waals surface area (Å²) in [6.45, 7) is 5.22. The maximum atomic E-state index is 12.7. The number of hydrogen-bond acceptors (Lipinski definition) is 5. The number of pyridine rings is 1. The van der Waals surface area contributed by atoms with Crippen LogP contribution in [0.2, 0.25) is 0 Å². The third-order valence-electron chi connectivity index (χ3n) is 7.34. The van der Waals surface area contributed by atoms with Crippen molar-refractivity contribution in [2.75, 3.05) is 38.0 Å². The number of benzene rings is 2. The summed E-state index contributed by atoms with van der Waals surface area (Å²) in [5.41, 5.74) is 4.75. The van der Waals surface area contributed by atoms with E-state index in [0.29, 0.717) is 5.56 Å². The average Bonchev–Trinajstić information content (AvgIpc) is 2.92. The largest absolute Gasteiger partial charge is 0.384 e. The highest BCUT2D eigenvalue weighted by Gasteiger charge is 2.17. The van der Waals surface area contributed by atoms with E-state index < -0.39 is 0 Å². The van der Waals surface area contributed by atoms with Gasteiger partial charge in [-0.05, 0) is 94.9 Å². The lowest BCUT2D eigenvalue weighted by molar-refractivity contribution is 0.0929. The quantitative estimate of drug-likeness (QED) is 0.362. The van der Waals surface area contributed by atoms with E-state index in [9.17, 15) is 4.79 Å². The van der Waals surface area contributed by atoms with Crippen LogP contribution in [0.5, 0.6) is 0 Å². The Morgan fingerprint density at radius 1 is 0.971 bits per heavy atom. The molecule has 2 aromatic carbocycles. The molecule has 2 fully saturated rings. The fourth-order valence-corrected chi connectivity index (χ4v) is 5.28. The lowest BCUT2D eigenvalue weighted by Crippen LogP contribution is -2.42. The summed E-state index contributed by atoms with van der Waals surface area (Å²) in [7, 11) is 0. The van der Waals surface area contributed by atoms with Crippen molar-refractivity contribution in [3.05, 3.63) is 60.2 Å². The first-order valence-electron chi connectivity index (χ1n) is 13.2. The fraction of sp³-hybridized carbons (Fsp3) is 0.448. The number of rotatable bonds is 8.